The average Bonchev–Trinajstić information content (AvgIpc) is 2.39. The summed E-state index contributed by atoms with van der Waals surface area (Å²) in [4.78, 5) is 11.7. The first kappa shape index (κ1) is 15.0. The normalized spacial score (nSPS) is 13.4. The number of aliphatic hydroxyl groups is 1. The van der Waals surface area contributed by atoms with Gasteiger partial charge >= 0.3 is 5.97 Å². The monoisotopic (exact) mass is 258 g/mol. The zero-order valence-electron chi connectivity index (χ0n) is 11.4. The van der Waals surface area contributed by atoms with Crippen molar-refractivity contribution in [1.29, 1.82) is 0 Å². The van der Waals surface area contributed by atoms with Crippen molar-refractivity contribution in [3.63, 3.8) is 0 Å². The van der Waals surface area contributed by atoms with Crippen molar-refractivity contribution in [1.82, 2.24) is 0 Å². The Labute approximate surface area is 114 Å². The fraction of sp³-hybridized carbons (Fsp3) is 0.312. The lowest BCUT2D eigenvalue weighted by atomic mass is 10.2. The minimum absolute atomic E-state index is 0.376. The number of hydrogen-bond donors (Lipinski definition) is 1. The maximum Gasteiger partial charge on any atom is 0.336 e. The zero-order chi connectivity index (χ0) is 14.3. The van der Waals surface area contributed by atoms with E-state index in [1.807, 2.05) is 19.9 Å². The molecule has 1 atom stereocenters. The average molecular weight is 258 g/mol. The van der Waals surface area contributed by atoms with Crippen molar-refractivity contribution < 1.29 is 14.6 Å². The van der Waals surface area contributed by atoms with Gasteiger partial charge in [0.1, 0.15) is 0 Å². The van der Waals surface area contributed by atoms with Crippen LogP contribution in [0.15, 0.2) is 42.0 Å². The summed E-state index contributed by atoms with van der Waals surface area (Å²) in [5, 5.41) is 9.71. The van der Waals surface area contributed by atoms with Gasteiger partial charge in [0, 0.05) is 5.57 Å². The molecule has 0 heterocycles. The molecule has 0 saturated heterocycles. The second-order valence-corrected chi connectivity index (χ2v) is 4.49. The molecule has 0 spiro atoms. The van der Waals surface area contributed by atoms with Gasteiger partial charge in [-0.25, -0.2) is 4.79 Å². The molecule has 0 radical (unpaired) electrons. The first-order valence-corrected chi connectivity index (χ1v) is 6.13. The van der Waals surface area contributed by atoms with Crippen LogP contribution in [0.2, 0.25) is 0 Å². The molecule has 0 aliphatic heterocycles. The predicted octanol–water partition coefficient (Wildman–Crippen LogP) is 2.98. The van der Waals surface area contributed by atoms with Gasteiger partial charge in [-0.1, -0.05) is 50.3 Å². The minimum Gasteiger partial charge on any atom is -0.427 e. The molecule has 1 unspecified atom stereocenters. The van der Waals surface area contributed by atoms with Gasteiger partial charge in [-0.15, -0.1) is 0 Å². The van der Waals surface area contributed by atoms with Crippen molar-refractivity contribution in [2.75, 3.05) is 0 Å². The number of allylic oxidation sites excluding steroid dienone is 3. The molecule has 0 fully saturated rings. The van der Waals surface area contributed by atoms with E-state index < -0.39 is 12.3 Å². The van der Waals surface area contributed by atoms with Crippen LogP contribution in [-0.4, -0.2) is 11.1 Å². The van der Waals surface area contributed by atoms with Crippen molar-refractivity contribution >= 4 is 5.97 Å². The van der Waals surface area contributed by atoms with Crippen molar-refractivity contribution in [2.24, 2.45) is 5.92 Å². The van der Waals surface area contributed by atoms with E-state index in [2.05, 4.69) is 12.1 Å². The fourth-order valence-corrected chi connectivity index (χ4v) is 1.26. The van der Waals surface area contributed by atoms with E-state index in [4.69, 9.17) is 4.74 Å². The molecule has 3 nitrogen and oxygen atoms in total. The van der Waals surface area contributed by atoms with Crippen LogP contribution in [0, 0.1) is 18.1 Å². The van der Waals surface area contributed by atoms with Crippen LogP contribution in [0.4, 0.5) is 0 Å². The number of carbonyl (C=O) groups is 1. The number of rotatable bonds is 5. The van der Waals surface area contributed by atoms with E-state index >= 15 is 0 Å². The third-order valence-electron chi connectivity index (χ3n) is 2.32. The summed E-state index contributed by atoms with van der Waals surface area (Å²) in [5.41, 5.74) is 0.803. The van der Waals surface area contributed by atoms with Crippen LogP contribution in [0.3, 0.4) is 0 Å². The lowest BCUT2D eigenvalue weighted by Gasteiger charge is -2.10. The number of esters is 1. The van der Waals surface area contributed by atoms with Gasteiger partial charge in [-0.05, 0) is 25.0 Å². The molecule has 0 aromatic heterocycles. The molecule has 0 aliphatic carbocycles. The van der Waals surface area contributed by atoms with Crippen LogP contribution in [0.1, 0.15) is 32.6 Å². The van der Waals surface area contributed by atoms with E-state index in [-0.39, 0.29) is 0 Å². The summed E-state index contributed by atoms with van der Waals surface area (Å²) >= 11 is 0. The first-order chi connectivity index (χ1) is 9.00. The number of ether oxygens (including phenoxy) is 1. The summed E-state index contributed by atoms with van der Waals surface area (Å²) in [6, 6.07) is 10.3. The maximum atomic E-state index is 11.7. The number of aliphatic hydroxyl groups excluding tert-OH is 1. The molecule has 1 rings (SSSR count). The van der Waals surface area contributed by atoms with Crippen LogP contribution in [0.5, 0.6) is 0 Å². The maximum absolute atomic E-state index is 11.7. The quantitative estimate of drug-likeness (QED) is 0.382. The second kappa shape index (κ2) is 7.40. The van der Waals surface area contributed by atoms with E-state index in [1.54, 1.807) is 37.3 Å². The highest BCUT2D eigenvalue weighted by molar-refractivity contribution is 5.88. The summed E-state index contributed by atoms with van der Waals surface area (Å²) in [7, 11) is 0. The van der Waals surface area contributed by atoms with Gasteiger partial charge in [0.15, 0.2) is 0 Å². The van der Waals surface area contributed by atoms with Gasteiger partial charge in [-0.2, -0.15) is 0 Å². The largest absolute Gasteiger partial charge is 0.427 e. The Morgan fingerprint density at radius 3 is 2.79 bits per heavy atom. The first-order valence-electron chi connectivity index (χ1n) is 6.13. The van der Waals surface area contributed by atoms with E-state index in [0.29, 0.717) is 17.1 Å². The van der Waals surface area contributed by atoms with Crippen LogP contribution in [0.25, 0.3) is 0 Å². The third-order valence-corrected chi connectivity index (χ3v) is 2.32. The molecule has 0 aliphatic rings. The Balaban J connectivity index is 2.60. The summed E-state index contributed by atoms with van der Waals surface area (Å²) in [6.45, 7) is 5.73. The molecule has 1 aromatic carbocycles. The molecule has 0 bridgehead atoms. The summed E-state index contributed by atoms with van der Waals surface area (Å²) < 4.78 is 4.92. The highest BCUT2D eigenvalue weighted by atomic mass is 16.6. The molecule has 3 heteroatoms. The molecule has 100 valence electrons. The molecule has 0 amide bonds. The Kier molecular flexibility index (Phi) is 5.84. The summed E-state index contributed by atoms with van der Waals surface area (Å²) in [6.07, 6.45) is 4.11. The molecular formula is C16H18O3. The topological polar surface area (TPSA) is 46.5 Å². The second-order valence-electron chi connectivity index (χ2n) is 4.49. The fourth-order valence-electron chi connectivity index (χ4n) is 1.26. The van der Waals surface area contributed by atoms with Gasteiger partial charge in [0.25, 0.3) is 0 Å². The molecule has 0 saturated carbocycles. The Morgan fingerprint density at radius 1 is 1.47 bits per heavy atom. The van der Waals surface area contributed by atoms with Crippen molar-refractivity contribution in [3.8, 4) is 0 Å². The van der Waals surface area contributed by atoms with Gasteiger partial charge < -0.3 is 9.84 Å². The smallest absolute Gasteiger partial charge is 0.336 e. The standard InChI is InChI=1S/C16H18O3/c1-12(2)8-7-9-13(3)15(17)19-16(18)14-10-5-4-6-11-14/h4-5,7-10,12,16,18H,1-3H3/b8-7-,13-9+. The van der Waals surface area contributed by atoms with E-state index in [1.165, 1.54) is 0 Å². The van der Waals surface area contributed by atoms with Gasteiger partial charge in [-0.3, -0.25) is 0 Å². The van der Waals surface area contributed by atoms with Crippen LogP contribution < -0.4 is 0 Å². The number of carbonyl (C=O) groups excluding carboxylic acids is 1. The van der Waals surface area contributed by atoms with Crippen LogP contribution >= 0.6 is 0 Å². The van der Waals surface area contributed by atoms with E-state index in [0.717, 1.165) is 0 Å². The Hall–Kier alpha value is -2.05. The minimum atomic E-state index is -1.32. The summed E-state index contributed by atoms with van der Waals surface area (Å²) in [5.74, 6) is -0.140. The highest BCUT2D eigenvalue weighted by Gasteiger charge is 2.14. The molecular weight excluding hydrogens is 240 g/mol. The lowest BCUT2D eigenvalue weighted by Crippen LogP contribution is -2.11. The molecule has 1 aromatic rings. The van der Waals surface area contributed by atoms with E-state index in [9.17, 15) is 9.90 Å². The lowest BCUT2D eigenvalue weighted by molar-refractivity contribution is -0.164. The van der Waals surface area contributed by atoms with Crippen molar-refractivity contribution in [2.45, 2.75) is 27.1 Å². The van der Waals surface area contributed by atoms with Gasteiger partial charge in [0.05, 0.1) is 5.56 Å². The predicted molar refractivity (Wildman–Crippen MR) is 72.9 cm³/mol. The van der Waals surface area contributed by atoms with Gasteiger partial charge in [0.2, 0.25) is 6.29 Å². The SMILES string of the molecule is C/C(=C\C=C/C(C)C)C(=O)OC(O)c1c#cccc1. The highest BCUT2D eigenvalue weighted by Crippen LogP contribution is 2.13. The molecule has 1 N–H and O–H groups in total. The zero-order valence-corrected chi connectivity index (χ0v) is 11.4. The Morgan fingerprint density at radius 2 is 2.21 bits per heavy atom. The Bertz CT molecular complexity index is 458. The number of hydrogen-bond acceptors (Lipinski definition) is 3. The van der Waals surface area contributed by atoms with Crippen LogP contribution in [-0.2, 0) is 9.53 Å². The molecule has 19 heavy (non-hydrogen) atoms. The third kappa shape index (κ3) is 5.41. The van der Waals surface area contributed by atoms with Crippen molar-refractivity contribution in [3.05, 3.63) is 59.7 Å².